The Morgan fingerprint density at radius 3 is 2.65 bits per heavy atom. The second kappa shape index (κ2) is 4.37. The number of aromatic nitrogens is 3. The SMILES string of the molecule is Cc1cccc(Nc2nnc(C)c(=O)[nH]2)c1C. The summed E-state index contributed by atoms with van der Waals surface area (Å²) < 4.78 is 0. The highest BCUT2D eigenvalue weighted by atomic mass is 16.1. The van der Waals surface area contributed by atoms with Crippen LogP contribution in [0, 0.1) is 20.8 Å². The normalized spacial score (nSPS) is 10.3. The number of rotatable bonds is 2. The van der Waals surface area contributed by atoms with E-state index in [0.29, 0.717) is 11.6 Å². The molecule has 0 fully saturated rings. The van der Waals surface area contributed by atoms with E-state index in [2.05, 4.69) is 20.5 Å². The van der Waals surface area contributed by atoms with Crippen molar-refractivity contribution < 1.29 is 0 Å². The summed E-state index contributed by atoms with van der Waals surface area (Å²) in [4.78, 5) is 14.0. The molecule has 0 aliphatic carbocycles. The topological polar surface area (TPSA) is 70.7 Å². The minimum absolute atomic E-state index is 0.229. The van der Waals surface area contributed by atoms with Gasteiger partial charge >= 0.3 is 0 Å². The summed E-state index contributed by atoms with van der Waals surface area (Å²) in [6.45, 7) is 5.66. The van der Waals surface area contributed by atoms with Crippen LogP contribution in [0.25, 0.3) is 0 Å². The quantitative estimate of drug-likeness (QED) is 0.825. The van der Waals surface area contributed by atoms with Crippen LogP contribution in [0.1, 0.15) is 16.8 Å². The number of anilines is 2. The molecule has 0 spiro atoms. The van der Waals surface area contributed by atoms with E-state index in [4.69, 9.17) is 0 Å². The van der Waals surface area contributed by atoms with Crippen molar-refractivity contribution in [1.82, 2.24) is 15.2 Å². The number of aromatic amines is 1. The lowest BCUT2D eigenvalue weighted by Crippen LogP contribution is -2.15. The van der Waals surface area contributed by atoms with Crippen molar-refractivity contribution in [3.63, 3.8) is 0 Å². The van der Waals surface area contributed by atoms with Crippen molar-refractivity contribution >= 4 is 11.6 Å². The number of H-pyrrole nitrogens is 1. The van der Waals surface area contributed by atoms with Gasteiger partial charge in [-0.05, 0) is 38.0 Å². The molecule has 2 rings (SSSR count). The van der Waals surface area contributed by atoms with Gasteiger partial charge in [0.15, 0.2) is 0 Å². The molecule has 0 saturated carbocycles. The van der Waals surface area contributed by atoms with E-state index < -0.39 is 0 Å². The summed E-state index contributed by atoms with van der Waals surface area (Å²) >= 11 is 0. The number of hydrogen-bond donors (Lipinski definition) is 2. The molecule has 1 aromatic heterocycles. The first kappa shape index (κ1) is 11.3. The highest BCUT2D eigenvalue weighted by Crippen LogP contribution is 2.19. The van der Waals surface area contributed by atoms with Crippen LogP contribution in [0.2, 0.25) is 0 Å². The summed E-state index contributed by atoms with van der Waals surface area (Å²) in [5.41, 5.74) is 3.34. The number of aryl methyl sites for hydroxylation is 2. The Labute approximate surface area is 98.9 Å². The molecule has 0 amide bonds. The molecule has 0 atom stereocenters. The summed E-state index contributed by atoms with van der Waals surface area (Å²) in [5.74, 6) is 0.356. The molecule has 0 aliphatic rings. The highest BCUT2D eigenvalue weighted by molar-refractivity contribution is 5.59. The van der Waals surface area contributed by atoms with Crippen LogP contribution in [0.3, 0.4) is 0 Å². The van der Waals surface area contributed by atoms with Crippen molar-refractivity contribution in [1.29, 1.82) is 0 Å². The van der Waals surface area contributed by atoms with Crippen molar-refractivity contribution in [2.45, 2.75) is 20.8 Å². The molecular formula is C12H14N4O. The fourth-order valence-corrected chi connectivity index (χ4v) is 1.46. The Balaban J connectivity index is 2.35. The van der Waals surface area contributed by atoms with Crippen LogP contribution >= 0.6 is 0 Å². The van der Waals surface area contributed by atoms with Crippen LogP contribution in [0.5, 0.6) is 0 Å². The van der Waals surface area contributed by atoms with E-state index in [1.807, 2.05) is 32.0 Å². The number of nitrogens with zero attached hydrogens (tertiary/aromatic N) is 2. The molecule has 2 N–H and O–H groups in total. The molecule has 17 heavy (non-hydrogen) atoms. The molecule has 5 nitrogen and oxygen atoms in total. The lowest BCUT2D eigenvalue weighted by atomic mass is 10.1. The molecule has 0 saturated heterocycles. The predicted molar refractivity (Wildman–Crippen MR) is 66.6 cm³/mol. The van der Waals surface area contributed by atoms with E-state index in [0.717, 1.165) is 11.3 Å². The largest absolute Gasteiger partial charge is 0.324 e. The van der Waals surface area contributed by atoms with Gasteiger partial charge < -0.3 is 5.32 Å². The maximum atomic E-state index is 11.4. The minimum Gasteiger partial charge on any atom is -0.324 e. The third-order valence-electron chi connectivity index (χ3n) is 2.72. The monoisotopic (exact) mass is 230 g/mol. The van der Waals surface area contributed by atoms with Gasteiger partial charge in [0.2, 0.25) is 5.95 Å². The fourth-order valence-electron chi connectivity index (χ4n) is 1.46. The van der Waals surface area contributed by atoms with Crippen LogP contribution in [0.4, 0.5) is 11.6 Å². The van der Waals surface area contributed by atoms with E-state index in [9.17, 15) is 4.79 Å². The van der Waals surface area contributed by atoms with E-state index in [-0.39, 0.29) is 5.56 Å². The third-order valence-corrected chi connectivity index (χ3v) is 2.72. The second-order valence-electron chi connectivity index (χ2n) is 3.96. The first-order valence-corrected chi connectivity index (χ1v) is 5.35. The lowest BCUT2D eigenvalue weighted by molar-refractivity contribution is 0.907. The van der Waals surface area contributed by atoms with Gasteiger partial charge in [-0.1, -0.05) is 12.1 Å². The van der Waals surface area contributed by atoms with Gasteiger partial charge in [0.05, 0.1) is 0 Å². The Morgan fingerprint density at radius 2 is 1.94 bits per heavy atom. The number of nitrogens with one attached hydrogen (secondary N) is 2. The Kier molecular flexibility index (Phi) is 2.91. The Hall–Kier alpha value is -2.17. The van der Waals surface area contributed by atoms with Gasteiger partial charge in [-0.3, -0.25) is 9.78 Å². The molecule has 0 bridgehead atoms. The van der Waals surface area contributed by atoms with Crippen LogP contribution < -0.4 is 10.9 Å². The summed E-state index contributed by atoms with van der Waals surface area (Å²) in [6.07, 6.45) is 0. The average molecular weight is 230 g/mol. The lowest BCUT2D eigenvalue weighted by Gasteiger charge is -2.09. The average Bonchev–Trinajstić information content (AvgIpc) is 2.30. The number of hydrogen-bond acceptors (Lipinski definition) is 4. The molecule has 1 aromatic carbocycles. The highest BCUT2D eigenvalue weighted by Gasteiger charge is 2.04. The fraction of sp³-hybridized carbons (Fsp3) is 0.250. The first-order chi connectivity index (χ1) is 8.08. The van der Waals surface area contributed by atoms with Crippen LogP contribution in [0.15, 0.2) is 23.0 Å². The molecule has 1 heterocycles. The maximum Gasteiger partial charge on any atom is 0.273 e. The zero-order chi connectivity index (χ0) is 12.4. The van der Waals surface area contributed by atoms with Crippen molar-refractivity contribution in [3.05, 3.63) is 45.4 Å². The number of benzene rings is 1. The van der Waals surface area contributed by atoms with E-state index >= 15 is 0 Å². The summed E-state index contributed by atoms with van der Waals surface area (Å²) in [7, 11) is 0. The van der Waals surface area contributed by atoms with Crippen molar-refractivity contribution in [2.75, 3.05) is 5.32 Å². The molecule has 2 aromatic rings. The van der Waals surface area contributed by atoms with Crippen molar-refractivity contribution in [3.8, 4) is 0 Å². The molecular weight excluding hydrogens is 216 g/mol. The van der Waals surface area contributed by atoms with Gasteiger partial charge in [0, 0.05) is 5.69 Å². The summed E-state index contributed by atoms with van der Waals surface area (Å²) in [5, 5.41) is 10.7. The van der Waals surface area contributed by atoms with Crippen LogP contribution in [-0.2, 0) is 0 Å². The molecule has 0 aliphatic heterocycles. The molecule has 0 radical (unpaired) electrons. The van der Waals surface area contributed by atoms with Gasteiger partial charge in [-0.25, -0.2) is 0 Å². The van der Waals surface area contributed by atoms with Gasteiger partial charge in [0.1, 0.15) is 5.69 Å². The second-order valence-corrected chi connectivity index (χ2v) is 3.96. The Morgan fingerprint density at radius 1 is 1.18 bits per heavy atom. The van der Waals surface area contributed by atoms with Gasteiger partial charge in [0.25, 0.3) is 5.56 Å². The van der Waals surface area contributed by atoms with Crippen LogP contribution in [-0.4, -0.2) is 15.2 Å². The van der Waals surface area contributed by atoms with E-state index in [1.165, 1.54) is 5.56 Å². The zero-order valence-electron chi connectivity index (χ0n) is 10.0. The summed E-state index contributed by atoms with van der Waals surface area (Å²) in [6, 6.07) is 5.91. The van der Waals surface area contributed by atoms with Gasteiger partial charge in [-0.2, -0.15) is 0 Å². The standard InChI is InChI=1S/C12H14N4O/c1-7-5-4-6-10(8(7)2)13-12-14-11(17)9(3)15-16-12/h4-6H,1-3H3,(H2,13,14,16,17). The smallest absolute Gasteiger partial charge is 0.273 e. The molecule has 88 valence electrons. The van der Waals surface area contributed by atoms with E-state index in [1.54, 1.807) is 6.92 Å². The van der Waals surface area contributed by atoms with Gasteiger partial charge in [-0.15, -0.1) is 10.2 Å². The molecule has 5 heteroatoms. The van der Waals surface area contributed by atoms with Crippen molar-refractivity contribution in [2.24, 2.45) is 0 Å². The molecule has 0 unspecified atom stereocenters. The zero-order valence-corrected chi connectivity index (χ0v) is 10.0. The first-order valence-electron chi connectivity index (χ1n) is 5.35. The Bertz CT molecular complexity index is 604. The predicted octanol–water partition coefficient (Wildman–Crippen LogP) is 1.83. The maximum absolute atomic E-state index is 11.4. The third kappa shape index (κ3) is 2.33. The minimum atomic E-state index is -0.229.